The Balaban J connectivity index is 1.59. The van der Waals surface area contributed by atoms with Crippen molar-refractivity contribution in [2.75, 3.05) is 24.4 Å². The van der Waals surface area contributed by atoms with Crippen molar-refractivity contribution >= 4 is 29.2 Å². The second-order valence-corrected chi connectivity index (χ2v) is 7.91. The molecule has 1 aliphatic heterocycles. The Labute approximate surface area is 201 Å². The smallest absolute Gasteiger partial charge is 0.332 e. The first-order chi connectivity index (χ1) is 16.9. The topological polar surface area (TPSA) is 88.2 Å². The summed E-state index contributed by atoms with van der Waals surface area (Å²) in [5.41, 5.74) is 1.49. The number of imide groups is 1. The summed E-state index contributed by atoms with van der Waals surface area (Å²) in [5, 5.41) is 2.75. The SMILES string of the molecule is COc1ccc(NC(=O)C[C@@H]2C(=O)N(c3cccc(OC)c3)C(=O)N2Cc2ccc(F)cc2)cc1. The van der Waals surface area contributed by atoms with Crippen LogP contribution in [0.1, 0.15) is 12.0 Å². The standard InChI is InChI=1S/C26H24FN3O5/c1-34-21-12-10-19(11-13-21)28-24(31)15-23-25(32)30(20-4-3-5-22(14-20)35-2)26(33)29(23)16-17-6-8-18(27)9-7-17/h3-14,23H,15-16H2,1-2H3,(H,28,31)/t23-/m1/s1. The summed E-state index contributed by atoms with van der Waals surface area (Å²) in [6.07, 6.45) is -0.252. The number of hydrogen-bond acceptors (Lipinski definition) is 5. The van der Waals surface area contributed by atoms with E-state index in [4.69, 9.17) is 9.47 Å². The highest BCUT2D eigenvalue weighted by Gasteiger charge is 2.46. The summed E-state index contributed by atoms with van der Waals surface area (Å²) >= 11 is 0. The van der Waals surface area contributed by atoms with E-state index in [9.17, 15) is 18.8 Å². The van der Waals surface area contributed by atoms with Crippen molar-refractivity contribution in [2.24, 2.45) is 0 Å². The van der Waals surface area contributed by atoms with Gasteiger partial charge in [-0.2, -0.15) is 0 Å². The summed E-state index contributed by atoms with van der Waals surface area (Å²) in [4.78, 5) is 42.0. The summed E-state index contributed by atoms with van der Waals surface area (Å²) < 4.78 is 23.7. The van der Waals surface area contributed by atoms with Crippen LogP contribution in [-0.4, -0.2) is 43.0 Å². The third-order valence-corrected chi connectivity index (χ3v) is 5.65. The summed E-state index contributed by atoms with van der Waals surface area (Å²) in [5.74, 6) is -0.257. The minimum absolute atomic E-state index is 0.0335. The second-order valence-electron chi connectivity index (χ2n) is 7.91. The normalized spacial score (nSPS) is 15.3. The number of ether oxygens (including phenoxy) is 2. The number of urea groups is 1. The van der Waals surface area contributed by atoms with Crippen molar-refractivity contribution in [1.82, 2.24) is 4.90 Å². The number of hydrogen-bond donors (Lipinski definition) is 1. The van der Waals surface area contributed by atoms with Gasteiger partial charge in [-0.25, -0.2) is 14.1 Å². The number of carbonyl (C=O) groups excluding carboxylic acids is 3. The highest BCUT2D eigenvalue weighted by atomic mass is 19.1. The number of carbonyl (C=O) groups is 3. The average Bonchev–Trinajstić information content (AvgIpc) is 3.09. The van der Waals surface area contributed by atoms with E-state index in [1.165, 1.54) is 36.3 Å². The molecule has 1 saturated heterocycles. The fraction of sp³-hybridized carbons (Fsp3) is 0.192. The largest absolute Gasteiger partial charge is 0.497 e. The summed E-state index contributed by atoms with van der Waals surface area (Å²) in [7, 11) is 3.03. The van der Waals surface area contributed by atoms with Gasteiger partial charge in [0.1, 0.15) is 23.4 Å². The summed E-state index contributed by atoms with van der Waals surface area (Å²) in [6.45, 7) is 0.0335. The number of benzene rings is 3. The van der Waals surface area contributed by atoms with Crippen LogP contribution >= 0.6 is 0 Å². The quantitative estimate of drug-likeness (QED) is 0.491. The second kappa shape index (κ2) is 10.3. The van der Waals surface area contributed by atoms with Crippen molar-refractivity contribution in [2.45, 2.75) is 19.0 Å². The van der Waals surface area contributed by atoms with Crippen LogP contribution in [0.25, 0.3) is 0 Å². The van der Waals surface area contributed by atoms with E-state index in [-0.39, 0.29) is 13.0 Å². The van der Waals surface area contributed by atoms with E-state index in [2.05, 4.69) is 5.32 Å². The van der Waals surface area contributed by atoms with Gasteiger partial charge in [-0.05, 0) is 54.1 Å². The molecule has 0 saturated carbocycles. The molecule has 4 rings (SSSR count). The van der Waals surface area contributed by atoms with Gasteiger partial charge in [-0.3, -0.25) is 9.59 Å². The maximum atomic E-state index is 13.4. The van der Waals surface area contributed by atoms with Crippen molar-refractivity contribution in [3.63, 3.8) is 0 Å². The van der Waals surface area contributed by atoms with Gasteiger partial charge in [0.25, 0.3) is 5.91 Å². The zero-order chi connectivity index (χ0) is 24.9. The first-order valence-corrected chi connectivity index (χ1v) is 10.9. The van der Waals surface area contributed by atoms with Gasteiger partial charge in [-0.15, -0.1) is 0 Å². The van der Waals surface area contributed by atoms with Crippen LogP contribution in [0.3, 0.4) is 0 Å². The first-order valence-electron chi connectivity index (χ1n) is 10.9. The molecule has 3 aromatic carbocycles. The predicted octanol–water partition coefficient (Wildman–Crippen LogP) is 4.21. The number of halogens is 1. The number of anilines is 2. The molecule has 1 atom stereocenters. The molecule has 1 heterocycles. The van der Waals surface area contributed by atoms with Crippen LogP contribution in [0, 0.1) is 5.82 Å². The highest BCUT2D eigenvalue weighted by Crippen LogP contribution is 2.30. The Hall–Kier alpha value is -4.40. The van der Waals surface area contributed by atoms with E-state index < -0.39 is 29.7 Å². The van der Waals surface area contributed by atoms with Crippen LogP contribution in [0.4, 0.5) is 20.6 Å². The lowest BCUT2D eigenvalue weighted by Crippen LogP contribution is -2.37. The Morgan fingerprint density at radius 2 is 1.63 bits per heavy atom. The molecule has 180 valence electrons. The molecule has 35 heavy (non-hydrogen) atoms. The maximum absolute atomic E-state index is 13.4. The Morgan fingerprint density at radius 1 is 0.943 bits per heavy atom. The van der Waals surface area contributed by atoms with E-state index in [0.717, 1.165) is 4.90 Å². The summed E-state index contributed by atoms with van der Waals surface area (Å²) in [6, 6.07) is 17.3. The molecule has 0 aromatic heterocycles. The van der Waals surface area contributed by atoms with Gasteiger partial charge in [0.15, 0.2) is 0 Å². The maximum Gasteiger partial charge on any atom is 0.332 e. The average molecular weight is 477 g/mol. The van der Waals surface area contributed by atoms with Gasteiger partial charge in [0, 0.05) is 18.3 Å². The lowest BCUT2D eigenvalue weighted by molar-refractivity contribution is -0.124. The van der Waals surface area contributed by atoms with Crippen molar-refractivity contribution < 1.29 is 28.2 Å². The zero-order valence-corrected chi connectivity index (χ0v) is 19.2. The lowest BCUT2D eigenvalue weighted by atomic mass is 10.1. The molecular formula is C26H24FN3O5. The van der Waals surface area contributed by atoms with Crippen molar-refractivity contribution in [3.8, 4) is 11.5 Å². The van der Waals surface area contributed by atoms with Crippen LogP contribution in [0.15, 0.2) is 72.8 Å². The monoisotopic (exact) mass is 477 g/mol. The molecule has 0 spiro atoms. The van der Waals surface area contributed by atoms with E-state index in [1.54, 1.807) is 55.6 Å². The van der Waals surface area contributed by atoms with Crippen LogP contribution < -0.4 is 19.7 Å². The van der Waals surface area contributed by atoms with E-state index in [1.807, 2.05) is 0 Å². The molecule has 0 unspecified atom stereocenters. The Morgan fingerprint density at radius 3 is 2.29 bits per heavy atom. The Kier molecular flexibility index (Phi) is 6.96. The lowest BCUT2D eigenvalue weighted by Gasteiger charge is -2.21. The molecule has 0 radical (unpaired) electrons. The number of rotatable bonds is 8. The highest BCUT2D eigenvalue weighted by molar-refractivity contribution is 6.22. The number of amides is 4. The molecule has 4 amide bonds. The molecule has 8 nitrogen and oxygen atoms in total. The molecule has 9 heteroatoms. The molecule has 1 fully saturated rings. The molecule has 0 bridgehead atoms. The molecule has 0 aliphatic carbocycles. The minimum atomic E-state index is -1.04. The van der Waals surface area contributed by atoms with Crippen LogP contribution in [0.2, 0.25) is 0 Å². The van der Waals surface area contributed by atoms with Gasteiger partial charge < -0.3 is 19.7 Å². The predicted molar refractivity (Wildman–Crippen MR) is 128 cm³/mol. The molecule has 1 N–H and O–H groups in total. The third-order valence-electron chi connectivity index (χ3n) is 5.65. The van der Waals surface area contributed by atoms with Crippen molar-refractivity contribution in [3.05, 3.63) is 84.2 Å². The molecule has 1 aliphatic rings. The fourth-order valence-electron chi connectivity index (χ4n) is 3.85. The van der Waals surface area contributed by atoms with Crippen molar-refractivity contribution in [1.29, 1.82) is 0 Å². The van der Waals surface area contributed by atoms with Crippen LogP contribution in [-0.2, 0) is 16.1 Å². The van der Waals surface area contributed by atoms with Gasteiger partial charge in [0.05, 0.1) is 26.3 Å². The number of nitrogens with one attached hydrogen (secondary N) is 1. The molecule has 3 aromatic rings. The first kappa shape index (κ1) is 23.7. The number of methoxy groups -OCH3 is 2. The zero-order valence-electron chi connectivity index (χ0n) is 19.2. The van der Waals surface area contributed by atoms with Gasteiger partial charge in [-0.1, -0.05) is 18.2 Å². The van der Waals surface area contributed by atoms with E-state index >= 15 is 0 Å². The minimum Gasteiger partial charge on any atom is -0.497 e. The molecular weight excluding hydrogens is 453 g/mol. The third kappa shape index (κ3) is 5.24. The van der Waals surface area contributed by atoms with Gasteiger partial charge in [0.2, 0.25) is 5.91 Å². The fourth-order valence-corrected chi connectivity index (χ4v) is 3.85. The van der Waals surface area contributed by atoms with Crippen LogP contribution in [0.5, 0.6) is 11.5 Å². The Bertz CT molecular complexity index is 1230. The number of nitrogens with zero attached hydrogens (tertiary/aromatic N) is 2. The van der Waals surface area contributed by atoms with Gasteiger partial charge >= 0.3 is 6.03 Å². The van der Waals surface area contributed by atoms with E-state index in [0.29, 0.717) is 28.4 Å².